The Morgan fingerprint density at radius 2 is 1.83 bits per heavy atom. The van der Waals surface area contributed by atoms with E-state index in [1.54, 1.807) is 31.3 Å². The summed E-state index contributed by atoms with van der Waals surface area (Å²) < 4.78 is 0.992. The van der Waals surface area contributed by atoms with Crippen LogP contribution in [0.5, 0.6) is 0 Å². The van der Waals surface area contributed by atoms with Gasteiger partial charge in [0.2, 0.25) is 5.91 Å². The van der Waals surface area contributed by atoms with E-state index in [-0.39, 0.29) is 11.8 Å². The maximum Gasteiger partial charge on any atom is 0.258 e. The Balaban J connectivity index is 1.82. The molecule has 0 spiro atoms. The quantitative estimate of drug-likeness (QED) is 0.470. The highest BCUT2D eigenvalue weighted by Gasteiger charge is 2.15. The van der Waals surface area contributed by atoms with Gasteiger partial charge in [0, 0.05) is 33.4 Å². The number of hydrogen-bond acceptors (Lipinski definition) is 4. The highest BCUT2D eigenvalue weighted by Crippen LogP contribution is 2.30. The largest absolute Gasteiger partial charge is 0.326 e. The molecular weight excluding hydrogens is 450 g/mol. The van der Waals surface area contributed by atoms with Crippen molar-refractivity contribution in [3.8, 4) is 0 Å². The molecule has 0 aliphatic carbocycles. The van der Waals surface area contributed by atoms with Crippen LogP contribution in [0.2, 0.25) is 0 Å². The lowest BCUT2D eigenvalue weighted by atomic mass is 10.1. The van der Waals surface area contributed by atoms with E-state index in [4.69, 9.17) is 0 Å². The first-order valence-corrected chi connectivity index (χ1v) is 10.7. The second-order valence-corrected chi connectivity index (χ2v) is 8.28. The van der Waals surface area contributed by atoms with Crippen LogP contribution in [0.4, 0.5) is 11.4 Å². The monoisotopic (exact) mass is 469 g/mol. The summed E-state index contributed by atoms with van der Waals surface area (Å²) in [5.74, 6) is -0.327. The molecule has 7 heteroatoms. The molecule has 0 unspecified atom stereocenters. The number of benzene rings is 2. The van der Waals surface area contributed by atoms with Gasteiger partial charge in [-0.15, -0.1) is 0 Å². The van der Waals surface area contributed by atoms with Crippen molar-refractivity contribution in [2.75, 3.05) is 10.6 Å². The van der Waals surface area contributed by atoms with Crippen molar-refractivity contribution in [2.24, 2.45) is 0 Å². The second kappa shape index (κ2) is 9.71. The molecule has 0 aliphatic rings. The average molecular weight is 470 g/mol. The van der Waals surface area contributed by atoms with Gasteiger partial charge in [0.1, 0.15) is 5.03 Å². The summed E-state index contributed by atoms with van der Waals surface area (Å²) in [5.41, 5.74) is 2.68. The highest BCUT2D eigenvalue weighted by atomic mass is 79.9. The zero-order valence-corrected chi connectivity index (χ0v) is 18.4. The first kappa shape index (κ1) is 21.1. The van der Waals surface area contributed by atoms with E-state index in [2.05, 4.69) is 31.5 Å². The van der Waals surface area contributed by atoms with Gasteiger partial charge in [-0.05, 0) is 61.0 Å². The van der Waals surface area contributed by atoms with E-state index in [1.807, 2.05) is 43.3 Å². The minimum Gasteiger partial charge on any atom is -0.326 e. The van der Waals surface area contributed by atoms with Gasteiger partial charge in [-0.25, -0.2) is 4.98 Å². The minimum absolute atomic E-state index is 0.0772. The first-order valence-electron chi connectivity index (χ1n) is 9.06. The standard InChI is InChI=1S/C22H20BrN3O2S/c1-3-20(27)25-16-9-6-14(2)19(13-16)26-21(28)18-5-4-12-24-22(18)29-17-10-7-15(23)8-11-17/h4-13H,3H2,1-2H3,(H,25,27)(H,26,28). The normalized spacial score (nSPS) is 10.4. The van der Waals surface area contributed by atoms with Gasteiger partial charge < -0.3 is 10.6 Å². The van der Waals surface area contributed by atoms with Crippen LogP contribution in [-0.2, 0) is 4.79 Å². The van der Waals surface area contributed by atoms with Crippen LogP contribution in [0.1, 0.15) is 29.3 Å². The fourth-order valence-electron chi connectivity index (χ4n) is 2.53. The lowest BCUT2D eigenvalue weighted by Crippen LogP contribution is -2.15. The molecule has 1 aromatic heterocycles. The number of pyridine rings is 1. The highest BCUT2D eigenvalue weighted by molar-refractivity contribution is 9.10. The summed E-state index contributed by atoms with van der Waals surface area (Å²) >= 11 is 4.85. The molecule has 0 fully saturated rings. The molecule has 2 aromatic carbocycles. The Hall–Kier alpha value is -2.64. The Labute approximate surface area is 182 Å². The number of aryl methyl sites for hydroxylation is 1. The Morgan fingerprint density at radius 1 is 1.07 bits per heavy atom. The number of carbonyl (C=O) groups excluding carboxylic acids is 2. The minimum atomic E-state index is -0.250. The zero-order chi connectivity index (χ0) is 20.8. The molecule has 2 N–H and O–H groups in total. The van der Waals surface area contributed by atoms with Crippen LogP contribution >= 0.6 is 27.7 Å². The van der Waals surface area contributed by atoms with Crippen molar-refractivity contribution < 1.29 is 9.59 Å². The van der Waals surface area contributed by atoms with Gasteiger partial charge in [0.25, 0.3) is 5.91 Å². The first-order chi connectivity index (χ1) is 14.0. The summed E-state index contributed by atoms with van der Waals surface area (Å²) in [6.07, 6.45) is 2.06. The van der Waals surface area contributed by atoms with Gasteiger partial charge in [0.05, 0.1) is 5.56 Å². The van der Waals surface area contributed by atoms with E-state index in [9.17, 15) is 9.59 Å². The summed E-state index contributed by atoms with van der Waals surface area (Å²) in [7, 11) is 0. The van der Waals surface area contributed by atoms with Gasteiger partial charge in [-0.2, -0.15) is 0 Å². The molecule has 29 heavy (non-hydrogen) atoms. The van der Waals surface area contributed by atoms with Gasteiger partial charge >= 0.3 is 0 Å². The molecule has 3 rings (SSSR count). The fraction of sp³-hybridized carbons (Fsp3) is 0.136. The molecule has 2 amide bonds. The van der Waals surface area contributed by atoms with Crippen molar-refractivity contribution in [2.45, 2.75) is 30.2 Å². The van der Waals surface area contributed by atoms with E-state index in [0.717, 1.165) is 14.9 Å². The summed E-state index contributed by atoms with van der Waals surface area (Å²) in [6, 6.07) is 16.8. The van der Waals surface area contributed by atoms with E-state index < -0.39 is 0 Å². The maximum absolute atomic E-state index is 13.0. The number of hydrogen-bond donors (Lipinski definition) is 2. The lowest BCUT2D eigenvalue weighted by Gasteiger charge is -2.13. The number of halogens is 1. The molecule has 5 nitrogen and oxygen atoms in total. The topological polar surface area (TPSA) is 71.1 Å². The van der Waals surface area contributed by atoms with E-state index in [1.165, 1.54) is 11.8 Å². The third-order valence-electron chi connectivity index (χ3n) is 4.13. The third-order valence-corrected chi connectivity index (χ3v) is 5.69. The van der Waals surface area contributed by atoms with Crippen molar-refractivity contribution >= 4 is 50.9 Å². The summed E-state index contributed by atoms with van der Waals surface area (Å²) in [6.45, 7) is 3.70. The van der Waals surface area contributed by atoms with Crippen molar-refractivity contribution in [3.63, 3.8) is 0 Å². The number of nitrogens with one attached hydrogen (secondary N) is 2. The van der Waals surface area contributed by atoms with E-state index >= 15 is 0 Å². The van der Waals surface area contributed by atoms with Gasteiger partial charge in [-0.1, -0.05) is 40.7 Å². The van der Waals surface area contributed by atoms with Crippen LogP contribution in [0.25, 0.3) is 0 Å². The molecule has 0 atom stereocenters. The molecule has 1 heterocycles. The zero-order valence-electron chi connectivity index (χ0n) is 16.0. The van der Waals surface area contributed by atoms with Crippen molar-refractivity contribution in [1.29, 1.82) is 0 Å². The number of carbonyl (C=O) groups is 2. The molecule has 0 bridgehead atoms. The number of rotatable bonds is 6. The van der Waals surface area contributed by atoms with Gasteiger partial charge in [-0.3, -0.25) is 9.59 Å². The maximum atomic E-state index is 13.0. The van der Waals surface area contributed by atoms with Crippen LogP contribution in [0.15, 0.2) is 75.2 Å². The molecule has 0 saturated carbocycles. The molecule has 3 aromatic rings. The number of anilines is 2. The number of amides is 2. The molecule has 0 radical (unpaired) electrons. The third kappa shape index (κ3) is 5.68. The Bertz CT molecular complexity index is 1040. The Morgan fingerprint density at radius 3 is 2.55 bits per heavy atom. The van der Waals surface area contributed by atoms with Crippen molar-refractivity contribution in [3.05, 3.63) is 76.4 Å². The van der Waals surface area contributed by atoms with Crippen LogP contribution in [-0.4, -0.2) is 16.8 Å². The SMILES string of the molecule is CCC(=O)Nc1ccc(C)c(NC(=O)c2cccnc2Sc2ccc(Br)cc2)c1. The fourth-order valence-corrected chi connectivity index (χ4v) is 3.68. The molecule has 0 aliphatic heterocycles. The van der Waals surface area contributed by atoms with E-state index in [0.29, 0.717) is 28.4 Å². The summed E-state index contributed by atoms with van der Waals surface area (Å²) in [5, 5.41) is 6.38. The second-order valence-electron chi connectivity index (χ2n) is 6.30. The lowest BCUT2D eigenvalue weighted by molar-refractivity contribution is -0.115. The number of nitrogens with zero attached hydrogens (tertiary/aromatic N) is 1. The molecular formula is C22H20BrN3O2S. The molecule has 148 valence electrons. The van der Waals surface area contributed by atoms with Crippen LogP contribution < -0.4 is 10.6 Å². The van der Waals surface area contributed by atoms with Crippen molar-refractivity contribution in [1.82, 2.24) is 4.98 Å². The predicted octanol–water partition coefficient (Wildman–Crippen LogP) is 5.90. The van der Waals surface area contributed by atoms with Crippen LogP contribution in [0, 0.1) is 6.92 Å². The van der Waals surface area contributed by atoms with Gasteiger partial charge in [0.15, 0.2) is 0 Å². The summed E-state index contributed by atoms with van der Waals surface area (Å²) in [4.78, 5) is 30.0. The number of aromatic nitrogens is 1. The molecule has 0 saturated heterocycles. The Kier molecular flexibility index (Phi) is 7.06. The predicted molar refractivity (Wildman–Crippen MR) is 121 cm³/mol. The van der Waals surface area contributed by atoms with Crippen LogP contribution in [0.3, 0.4) is 0 Å². The average Bonchev–Trinajstić information content (AvgIpc) is 2.72. The smallest absolute Gasteiger partial charge is 0.258 e.